The molecule has 0 unspecified atom stereocenters. The topological polar surface area (TPSA) is 42.4 Å². The molecule has 1 aliphatic heterocycles. The van der Waals surface area contributed by atoms with E-state index in [-0.39, 0.29) is 6.09 Å². The Morgan fingerprint density at radius 1 is 1.44 bits per heavy atom. The van der Waals surface area contributed by atoms with Crippen LogP contribution in [0.25, 0.3) is 6.08 Å². The van der Waals surface area contributed by atoms with Gasteiger partial charge in [-0.05, 0) is 38.0 Å². The Morgan fingerprint density at radius 3 is 2.72 bits per heavy atom. The summed E-state index contributed by atoms with van der Waals surface area (Å²) in [6, 6.07) is 3.90. The molecule has 2 heterocycles. The number of likely N-dealkylation sites (tertiary alicyclic amines) is 1. The van der Waals surface area contributed by atoms with Crippen LogP contribution in [0.4, 0.5) is 4.79 Å². The van der Waals surface area contributed by atoms with Gasteiger partial charge in [0.25, 0.3) is 0 Å². The van der Waals surface area contributed by atoms with Crippen LogP contribution in [-0.4, -0.2) is 34.7 Å². The minimum Gasteiger partial charge on any atom is -0.444 e. The van der Waals surface area contributed by atoms with Crippen molar-refractivity contribution in [3.63, 3.8) is 0 Å². The first-order valence-corrected chi connectivity index (χ1v) is 6.01. The fraction of sp³-hybridized carbons (Fsp3) is 0.429. The number of pyridine rings is 1. The summed E-state index contributed by atoms with van der Waals surface area (Å²) in [6.07, 6.45) is 5.37. The molecular weight excluding hydrogens is 228 g/mol. The van der Waals surface area contributed by atoms with E-state index < -0.39 is 5.60 Å². The van der Waals surface area contributed by atoms with Crippen molar-refractivity contribution < 1.29 is 9.53 Å². The Bertz CT molecular complexity index is 452. The molecule has 0 atom stereocenters. The molecule has 1 fully saturated rings. The molecule has 2 rings (SSSR count). The zero-order valence-electron chi connectivity index (χ0n) is 11.0. The van der Waals surface area contributed by atoms with Crippen LogP contribution in [0.3, 0.4) is 0 Å². The molecule has 18 heavy (non-hydrogen) atoms. The van der Waals surface area contributed by atoms with Gasteiger partial charge in [0.05, 0.1) is 0 Å². The molecule has 1 aromatic heterocycles. The second-order valence-corrected chi connectivity index (χ2v) is 5.43. The van der Waals surface area contributed by atoms with Gasteiger partial charge in [-0.25, -0.2) is 4.79 Å². The quantitative estimate of drug-likeness (QED) is 0.765. The van der Waals surface area contributed by atoms with E-state index in [4.69, 9.17) is 4.74 Å². The highest BCUT2D eigenvalue weighted by atomic mass is 16.6. The number of rotatable bonds is 1. The van der Waals surface area contributed by atoms with E-state index in [0.717, 1.165) is 5.56 Å². The van der Waals surface area contributed by atoms with Gasteiger partial charge in [0, 0.05) is 25.5 Å². The SMILES string of the molecule is CC(C)(C)OC(=O)N1CC(=Cc2cccnc2)C1. The standard InChI is InChI=1S/C14H18N2O2/c1-14(2,3)18-13(17)16-9-12(10-16)7-11-5-4-6-15-8-11/h4-8H,9-10H2,1-3H3. The van der Waals surface area contributed by atoms with Gasteiger partial charge in [0.15, 0.2) is 0 Å². The molecule has 4 nitrogen and oxygen atoms in total. The number of ether oxygens (including phenoxy) is 1. The van der Waals surface area contributed by atoms with Gasteiger partial charge < -0.3 is 9.64 Å². The van der Waals surface area contributed by atoms with Gasteiger partial charge >= 0.3 is 6.09 Å². The zero-order valence-corrected chi connectivity index (χ0v) is 11.0. The van der Waals surface area contributed by atoms with Crippen LogP contribution in [0.5, 0.6) is 0 Å². The molecule has 0 saturated carbocycles. The highest BCUT2D eigenvalue weighted by Crippen LogP contribution is 2.20. The van der Waals surface area contributed by atoms with Crippen LogP contribution < -0.4 is 0 Å². The van der Waals surface area contributed by atoms with Crippen molar-refractivity contribution in [3.8, 4) is 0 Å². The molecule has 1 amide bonds. The smallest absolute Gasteiger partial charge is 0.410 e. The first kappa shape index (κ1) is 12.6. The minimum absolute atomic E-state index is 0.245. The zero-order chi connectivity index (χ0) is 13.2. The van der Waals surface area contributed by atoms with E-state index in [1.54, 1.807) is 11.1 Å². The molecule has 4 heteroatoms. The number of hydrogen-bond acceptors (Lipinski definition) is 3. The predicted octanol–water partition coefficient (Wildman–Crippen LogP) is 2.72. The maximum absolute atomic E-state index is 11.7. The summed E-state index contributed by atoms with van der Waals surface area (Å²) >= 11 is 0. The van der Waals surface area contributed by atoms with Gasteiger partial charge in [-0.3, -0.25) is 4.98 Å². The first-order chi connectivity index (χ1) is 8.44. The second kappa shape index (κ2) is 4.80. The highest BCUT2D eigenvalue weighted by Gasteiger charge is 2.29. The second-order valence-electron chi connectivity index (χ2n) is 5.43. The summed E-state index contributed by atoms with van der Waals surface area (Å²) in [5, 5.41) is 0. The van der Waals surface area contributed by atoms with E-state index in [1.165, 1.54) is 5.57 Å². The van der Waals surface area contributed by atoms with Gasteiger partial charge in [0.2, 0.25) is 0 Å². The van der Waals surface area contributed by atoms with Crippen LogP contribution in [0.1, 0.15) is 26.3 Å². The lowest BCUT2D eigenvalue weighted by molar-refractivity contribution is 0.0216. The molecule has 1 saturated heterocycles. The summed E-state index contributed by atoms with van der Waals surface area (Å²) in [6.45, 7) is 6.90. The predicted molar refractivity (Wildman–Crippen MR) is 70.0 cm³/mol. The average Bonchev–Trinajstić information content (AvgIpc) is 2.21. The summed E-state index contributed by atoms with van der Waals surface area (Å²) in [7, 11) is 0. The molecule has 1 aliphatic rings. The number of nitrogens with zero attached hydrogens (tertiary/aromatic N) is 2. The summed E-state index contributed by atoms with van der Waals surface area (Å²) in [5.41, 5.74) is 1.85. The van der Waals surface area contributed by atoms with Gasteiger partial charge in [0.1, 0.15) is 5.60 Å². The van der Waals surface area contributed by atoms with Gasteiger partial charge in [-0.15, -0.1) is 0 Å². The molecule has 0 aliphatic carbocycles. The number of aromatic nitrogens is 1. The molecule has 1 aromatic rings. The van der Waals surface area contributed by atoms with E-state index >= 15 is 0 Å². The molecule has 0 spiro atoms. The lowest BCUT2D eigenvalue weighted by atomic mass is 10.1. The summed E-state index contributed by atoms with van der Waals surface area (Å²) in [5.74, 6) is 0. The Labute approximate surface area is 107 Å². The normalized spacial score (nSPS) is 15.1. The van der Waals surface area contributed by atoms with Crippen LogP contribution in [0.15, 0.2) is 30.1 Å². The molecule has 0 bridgehead atoms. The molecule has 96 valence electrons. The van der Waals surface area contributed by atoms with Crippen LogP contribution in [0, 0.1) is 0 Å². The van der Waals surface area contributed by atoms with Crippen molar-refractivity contribution in [3.05, 3.63) is 35.7 Å². The molecule has 0 radical (unpaired) electrons. The third kappa shape index (κ3) is 3.32. The fourth-order valence-electron chi connectivity index (χ4n) is 1.69. The number of carbonyl (C=O) groups excluding carboxylic acids is 1. The third-order valence-electron chi connectivity index (χ3n) is 2.49. The summed E-state index contributed by atoms with van der Waals surface area (Å²) < 4.78 is 5.29. The molecular formula is C14H18N2O2. The lowest BCUT2D eigenvalue weighted by Gasteiger charge is -2.35. The average molecular weight is 246 g/mol. The largest absolute Gasteiger partial charge is 0.444 e. The summed E-state index contributed by atoms with van der Waals surface area (Å²) in [4.78, 5) is 17.4. The maximum Gasteiger partial charge on any atom is 0.410 e. The Kier molecular flexibility index (Phi) is 3.36. The van der Waals surface area contributed by atoms with E-state index in [0.29, 0.717) is 13.1 Å². The van der Waals surface area contributed by atoms with Crippen molar-refractivity contribution in [1.29, 1.82) is 0 Å². The van der Waals surface area contributed by atoms with E-state index in [2.05, 4.69) is 11.1 Å². The Morgan fingerprint density at radius 2 is 2.17 bits per heavy atom. The van der Waals surface area contributed by atoms with Crippen molar-refractivity contribution in [2.75, 3.05) is 13.1 Å². The minimum atomic E-state index is -0.431. The maximum atomic E-state index is 11.7. The number of amides is 1. The van der Waals surface area contributed by atoms with Gasteiger partial charge in [-0.1, -0.05) is 12.1 Å². The van der Waals surface area contributed by atoms with Crippen molar-refractivity contribution in [2.45, 2.75) is 26.4 Å². The number of carbonyl (C=O) groups is 1. The monoisotopic (exact) mass is 246 g/mol. The van der Waals surface area contributed by atoms with Gasteiger partial charge in [-0.2, -0.15) is 0 Å². The van der Waals surface area contributed by atoms with Crippen molar-refractivity contribution in [1.82, 2.24) is 9.88 Å². The van der Waals surface area contributed by atoms with Crippen LogP contribution in [0.2, 0.25) is 0 Å². The number of hydrogen-bond donors (Lipinski definition) is 0. The van der Waals surface area contributed by atoms with Crippen molar-refractivity contribution >= 4 is 12.2 Å². The Balaban J connectivity index is 1.87. The van der Waals surface area contributed by atoms with Crippen molar-refractivity contribution in [2.24, 2.45) is 0 Å². The molecule has 0 aromatic carbocycles. The van der Waals surface area contributed by atoms with Crippen LogP contribution in [-0.2, 0) is 4.74 Å². The highest BCUT2D eigenvalue weighted by molar-refractivity contribution is 5.72. The molecule has 0 N–H and O–H groups in total. The fourth-order valence-corrected chi connectivity index (χ4v) is 1.69. The third-order valence-corrected chi connectivity index (χ3v) is 2.49. The lowest BCUT2D eigenvalue weighted by Crippen LogP contribution is -2.46. The first-order valence-electron chi connectivity index (χ1n) is 6.01. The van der Waals surface area contributed by atoms with E-state index in [9.17, 15) is 4.79 Å². The van der Waals surface area contributed by atoms with Crippen LogP contribution >= 0.6 is 0 Å². The Hall–Kier alpha value is -1.84. The van der Waals surface area contributed by atoms with E-state index in [1.807, 2.05) is 39.1 Å².